The summed E-state index contributed by atoms with van der Waals surface area (Å²) < 4.78 is 0. The molecule has 0 amide bonds. The molecule has 0 heterocycles. The molecule has 0 nitrogen and oxygen atoms in total. The molecule has 1 aromatic carbocycles. The van der Waals surface area contributed by atoms with Gasteiger partial charge in [-0.25, -0.2) is 0 Å². The first-order valence-corrected chi connectivity index (χ1v) is 9.51. The molecule has 0 N–H and O–H groups in total. The summed E-state index contributed by atoms with van der Waals surface area (Å²) in [5.41, 5.74) is 0. The summed E-state index contributed by atoms with van der Waals surface area (Å²) in [6, 6.07) is 12.0. The van der Waals surface area contributed by atoms with E-state index in [1.165, 1.54) is 77.0 Å². The molecule has 0 spiro atoms. The van der Waals surface area contributed by atoms with Crippen LogP contribution in [0.2, 0.25) is 0 Å². The van der Waals surface area contributed by atoms with Crippen molar-refractivity contribution in [2.24, 2.45) is 0 Å². The maximum absolute atomic E-state index is 5.62. The molecule has 1 aromatic rings. The summed E-state index contributed by atoms with van der Waals surface area (Å²) in [5, 5.41) is 0. The van der Waals surface area contributed by atoms with Crippen LogP contribution in [0.5, 0.6) is 0 Å². The van der Waals surface area contributed by atoms with Crippen molar-refractivity contribution in [3.63, 3.8) is 0 Å². The van der Waals surface area contributed by atoms with Crippen molar-refractivity contribution in [1.82, 2.24) is 0 Å². The molecule has 0 aliphatic carbocycles. The molecule has 21 heavy (non-hydrogen) atoms. The minimum atomic E-state index is 0.845. The lowest BCUT2D eigenvalue weighted by molar-refractivity contribution is 0.548. The van der Waals surface area contributed by atoms with Gasteiger partial charge in [-0.2, -0.15) is 0 Å². The normalized spacial score (nSPS) is 10.0. The average molecular weight is 311 g/mol. The van der Waals surface area contributed by atoms with Gasteiger partial charge in [-0.3, -0.25) is 0 Å². The highest BCUT2D eigenvalue weighted by Crippen LogP contribution is 2.11. The smallest absolute Gasteiger partial charge is 0.0223 e. The van der Waals surface area contributed by atoms with E-state index in [2.05, 4.69) is 6.92 Å². The van der Waals surface area contributed by atoms with Crippen LogP contribution in [0.3, 0.4) is 0 Å². The largest absolute Gasteiger partial charge is 0.127 e. The van der Waals surface area contributed by atoms with Gasteiger partial charge in [-0.05, 0) is 6.42 Å². The highest BCUT2D eigenvalue weighted by Gasteiger charge is 1.92. The molecule has 0 saturated heterocycles. The first-order valence-electron chi connectivity index (χ1n) is 8.97. The van der Waals surface area contributed by atoms with Crippen molar-refractivity contribution < 1.29 is 0 Å². The van der Waals surface area contributed by atoms with Gasteiger partial charge in [0.15, 0.2) is 0 Å². The van der Waals surface area contributed by atoms with Crippen LogP contribution in [0.25, 0.3) is 0 Å². The lowest BCUT2D eigenvalue weighted by Crippen LogP contribution is -1.82. The van der Waals surface area contributed by atoms with Gasteiger partial charge in [-0.1, -0.05) is 114 Å². The molecule has 0 bridgehead atoms. The summed E-state index contributed by atoms with van der Waals surface area (Å²) >= 11 is 5.62. The number of rotatable bonds is 12. The number of alkyl halides is 1. The fourth-order valence-corrected chi connectivity index (χ4v) is 2.51. The minimum Gasteiger partial charge on any atom is -0.127 e. The molecule has 0 radical (unpaired) electrons. The molecule has 0 aliphatic heterocycles. The summed E-state index contributed by atoms with van der Waals surface area (Å²) in [4.78, 5) is 0. The third-order valence-electron chi connectivity index (χ3n) is 3.65. The molecule has 0 fully saturated rings. The Morgan fingerprint density at radius 1 is 0.476 bits per heavy atom. The van der Waals surface area contributed by atoms with Crippen LogP contribution < -0.4 is 0 Å². The Kier molecular flexibility index (Phi) is 19.1. The highest BCUT2D eigenvalue weighted by atomic mass is 35.5. The Labute approximate surface area is 138 Å². The zero-order valence-corrected chi connectivity index (χ0v) is 14.8. The maximum Gasteiger partial charge on any atom is 0.0223 e. The molecule has 1 rings (SSSR count). The maximum atomic E-state index is 5.62. The van der Waals surface area contributed by atoms with Crippen LogP contribution in [0, 0.1) is 0 Å². The fraction of sp³-hybridized carbons (Fsp3) is 0.700. The second-order valence-electron chi connectivity index (χ2n) is 5.73. The van der Waals surface area contributed by atoms with Crippen LogP contribution in [0.15, 0.2) is 36.4 Å². The summed E-state index contributed by atoms with van der Waals surface area (Å²) in [6.45, 7) is 2.28. The first kappa shape index (κ1) is 20.5. The fourth-order valence-electron chi connectivity index (χ4n) is 2.32. The van der Waals surface area contributed by atoms with Crippen molar-refractivity contribution in [2.45, 2.75) is 84.0 Å². The standard InChI is InChI=1S/C14H29Cl.C6H6/c1-2-3-4-5-6-7-8-9-10-11-12-13-14-15;1-2-4-6-5-3-1/h2-14H2,1H3;1-6H. The third kappa shape index (κ3) is 19.5. The van der Waals surface area contributed by atoms with E-state index in [0.29, 0.717) is 0 Å². The van der Waals surface area contributed by atoms with Gasteiger partial charge < -0.3 is 0 Å². The Morgan fingerprint density at radius 2 is 0.762 bits per heavy atom. The number of hydrogen-bond acceptors (Lipinski definition) is 0. The lowest BCUT2D eigenvalue weighted by Gasteiger charge is -2.01. The van der Waals surface area contributed by atoms with Gasteiger partial charge in [0.05, 0.1) is 0 Å². The number of hydrogen-bond donors (Lipinski definition) is 0. The quantitative estimate of drug-likeness (QED) is 0.275. The number of unbranched alkanes of at least 4 members (excludes halogenated alkanes) is 11. The minimum absolute atomic E-state index is 0.845. The highest BCUT2D eigenvalue weighted by molar-refractivity contribution is 6.17. The van der Waals surface area contributed by atoms with E-state index >= 15 is 0 Å². The molecule has 122 valence electrons. The Bertz CT molecular complexity index is 219. The van der Waals surface area contributed by atoms with Crippen LogP contribution in [0.1, 0.15) is 84.0 Å². The van der Waals surface area contributed by atoms with E-state index in [1.807, 2.05) is 36.4 Å². The molecule has 0 aliphatic rings. The molecular weight excluding hydrogens is 276 g/mol. The Morgan fingerprint density at radius 3 is 1.05 bits per heavy atom. The second-order valence-corrected chi connectivity index (χ2v) is 6.11. The monoisotopic (exact) mass is 310 g/mol. The zero-order chi connectivity index (χ0) is 15.4. The van der Waals surface area contributed by atoms with Crippen LogP contribution >= 0.6 is 11.6 Å². The van der Waals surface area contributed by atoms with Crippen molar-refractivity contribution in [1.29, 1.82) is 0 Å². The van der Waals surface area contributed by atoms with Gasteiger partial charge in [0, 0.05) is 5.88 Å². The second kappa shape index (κ2) is 19.5. The van der Waals surface area contributed by atoms with Crippen LogP contribution in [-0.4, -0.2) is 5.88 Å². The predicted octanol–water partition coefficient (Wildman–Crippen LogP) is 7.61. The van der Waals surface area contributed by atoms with Crippen LogP contribution in [-0.2, 0) is 0 Å². The first-order chi connectivity index (χ1) is 10.4. The molecule has 0 aromatic heterocycles. The van der Waals surface area contributed by atoms with E-state index in [-0.39, 0.29) is 0 Å². The lowest BCUT2D eigenvalue weighted by atomic mass is 10.1. The predicted molar refractivity (Wildman–Crippen MR) is 98.2 cm³/mol. The summed E-state index contributed by atoms with van der Waals surface area (Å²) in [6.07, 6.45) is 16.9. The SMILES string of the molecule is CCCCCCCCCCCCCCCl.c1ccccc1. The number of benzene rings is 1. The average Bonchev–Trinajstić information content (AvgIpc) is 2.55. The van der Waals surface area contributed by atoms with E-state index in [9.17, 15) is 0 Å². The van der Waals surface area contributed by atoms with Crippen LogP contribution in [0.4, 0.5) is 0 Å². The van der Waals surface area contributed by atoms with Gasteiger partial charge >= 0.3 is 0 Å². The van der Waals surface area contributed by atoms with Crippen molar-refractivity contribution in [3.8, 4) is 0 Å². The topological polar surface area (TPSA) is 0 Å². The van der Waals surface area contributed by atoms with E-state index in [0.717, 1.165) is 5.88 Å². The van der Waals surface area contributed by atoms with Gasteiger partial charge in [-0.15, -0.1) is 11.6 Å². The summed E-state index contributed by atoms with van der Waals surface area (Å²) in [5.74, 6) is 0.845. The molecular formula is C20H35Cl. The molecule has 0 unspecified atom stereocenters. The van der Waals surface area contributed by atoms with E-state index in [4.69, 9.17) is 11.6 Å². The van der Waals surface area contributed by atoms with E-state index in [1.54, 1.807) is 0 Å². The summed E-state index contributed by atoms with van der Waals surface area (Å²) in [7, 11) is 0. The molecule has 0 atom stereocenters. The molecule has 1 heteroatoms. The number of halogens is 1. The van der Waals surface area contributed by atoms with Crippen molar-refractivity contribution >= 4 is 11.6 Å². The Balaban J connectivity index is 0.000000547. The van der Waals surface area contributed by atoms with Crippen molar-refractivity contribution in [3.05, 3.63) is 36.4 Å². The zero-order valence-electron chi connectivity index (χ0n) is 14.0. The van der Waals surface area contributed by atoms with Crippen molar-refractivity contribution in [2.75, 3.05) is 5.88 Å². The van der Waals surface area contributed by atoms with E-state index < -0.39 is 0 Å². The van der Waals surface area contributed by atoms with Gasteiger partial charge in [0.25, 0.3) is 0 Å². The molecule has 0 saturated carbocycles. The third-order valence-corrected chi connectivity index (χ3v) is 3.92. The Hall–Kier alpha value is -0.490. The van der Waals surface area contributed by atoms with Gasteiger partial charge in [0.1, 0.15) is 0 Å². The van der Waals surface area contributed by atoms with Gasteiger partial charge in [0.2, 0.25) is 0 Å².